The highest BCUT2D eigenvalue weighted by atomic mass is 32.1. The Hall–Kier alpha value is -3.46. The predicted molar refractivity (Wildman–Crippen MR) is 138 cm³/mol. The molecular formula is C28H28N2O5S. The summed E-state index contributed by atoms with van der Waals surface area (Å²) < 4.78 is 11.2. The van der Waals surface area contributed by atoms with Gasteiger partial charge in [-0.2, -0.15) is 0 Å². The highest BCUT2D eigenvalue weighted by Gasteiger charge is 2.46. The van der Waals surface area contributed by atoms with Crippen LogP contribution in [0.15, 0.2) is 77.7 Å². The van der Waals surface area contributed by atoms with Crippen LogP contribution in [0, 0.1) is 0 Å². The number of aliphatic hydroxyl groups excluding tert-OH is 1. The number of Topliss-reactive ketones (excluding diaryl/α,β-unsaturated/α-hetero) is 1. The Morgan fingerprint density at radius 2 is 1.72 bits per heavy atom. The molecule has 7 nitrogen and oxygen atoms in total. The molecule has 2 aliphatic heterocycles. The molecule has 0 radical (unpaired) electrons. The fraction of sp³-hybridized carbons (Fsp3) is 0.286. The molecule has 1 unspecified atom stereocenters. The molecule has 0 spiro atoms. The molecule has 2 aromatic carbocycles. The van der Waals surface area contributed by atoms with Gasteiger partial charge in [0.05, 0.1) is 24.8 Å². The maximum absolute atomic E-state index is 13.2. The molecule has 3 aromatic rings. The molecule has 1 atom stereocenters. The van der Waals surface area contributed by atoms with E-state index >= 15 is 0 Å². The Morgan fingerprint density at radius 3 is 2.42 bits per heavy atom. The summed E-state index contributed by atoms with van der Waals surface area (Å²) in [4.78, 5) is 30.9. The number of rotatable bonds is 8. The van der Waals surface area contributed by atoms with E-state index in [0.29, 0.717) is 44.2 Å². The number of carbonyl (C=O) groups excluding carboxylic acids is 2. The lowest BCUT2D eigenvalue weighted by atomic mass is 10.00. The SMILES string of the molecule is O=C1C(=O)N(CCN2CCOCC2)C(c2cccs2)C1=C(O)c1ccc(OCc2ccccc2)cc1. The van der Waals surface area contributed by atoms with E-state index in [1.807, 2.05) is 47.8 Å². The van der Waals surface area contributed by atoms with Gasteiger partial charge in [-0.3, -0.25) is 14.5 Å². The number of nitrogens with zero attached hydrogens (tertiary/aromatic N) is 2. The number of hydrogen-bond donors (Lipinski definition) is 1. The van der Waals surface area contributed by atoms with Gasteiger partial charge in [-0.15, -0.1) is 11.3 Å². The minimum Gasteiger partial charge on any atom is -0.507 e. The molecule has 1 amide bonds. The lowest BCUT2D eigenvalue weighted by Gasteiger charge is -2.30. The van der Waals surface area contributed by atoms with E-state index in [-0.39, 0.29) is 11.3 Å². The van der Waals surface area contributed by atoms with Crippen LogP contribution in [0.5, 0.6) is 5.75 Å². The maximum atomic E-state index is 13.2. The summed E-state index contributed by atoms with van der Waals surface area (Å²) in [6.45, 7) is 4.40. The van der Waals surface area contributed by atoms with Gasteiger partial charge in [0.25, 0.3) is 11.7 Å². The normalized spacial score (nSPS) is 20.1. The van der Waals surface area contributed by atoms with E-state index in [2.05, 4.69) is 4.90 Å². The minimum absolute atomic E-state index is 0.127. The standard InChI is InChI=1S/C28H28N2O5S/c31-26(21-8-10-22(11-9-21)35-19-20-5-2-1-3-6-20)24-25(23-7-4-18-36-23)30(28(33)27(24)32)13-12-29-14-16-34-17-15-29/h1-11,18,25,31H,12-17,19H2. The highest BCUT2D eigenvalue weighted by Crippen LogP contribution is 2.41. The summed E-state index contributed by atoms with van der Waals surface area (Å²) in [6.07, 6.45) is 0. The van der Waals surface area contributed by atoms with Gasteiger partial charge >= 0.3 is 0 Å². The van der Waals surface area contributed by atoms with Crippen molar-refractivity contribution in [2.45, 2.75) is 12.6 Å². The van der Waals surface area contributed by atoms with Crippen molar-refractivity contribution in [3.8, 4) is 5.75 Å². The summed E-state index contributed by atoms with van der Waals surface area (Å²) in [7, 11) is 0. The molecule has 2 aliphatic rings. The van der Waals surface area contributed by atoms with Gasteiger partial charge < -0.3 is 19.5 Å². The third kappa shape index (κ3) is 5.21. The number of ketones is 1. The first kappa shape index (κ1) is 24.2. The minimum atomic E-state index is -0.655. The van der Waals surface area contributed by atoms with E-state index in [0.717, 1.165) is 23.5 Å². The van der Waals surface area contributed by atoms with Gasteiger partial charge in [0.2, 0.25) is 0 Å². The maximum Gasteiger partial charge on any atom is 0.295 e. The number of benzene rings is 2. The van der Waals surface area contributed by atoms with E-state index in [1.54, 1.807) is 29.2 Å². The van der Waals surface area contributed by atoms with Gasteiger partial charge in [0.1, 0.15) is 18.1 Å². The van der Waals surface area contributed by atoms with Crippen molar-refractivity contribution in [3.05, 3.63) is 93.7 Å². The molecule has 0 bridgehead atoms. The Labute approximate surface area is 214 Å². The van der Waals surface area contributed by atoms with Crippen molar-refractivity contribution >= 4 is 28.8 Å². The monoisotopic (exact) mass is 504 g/mol. The second-order valence-electron chi connectivity index (χ2n) is 8.76. The molecule has 1 aromatic heterocycles. The molecule has 2 fully saturated rings. The predicted octanol–water partition coefficient (Wildman–Crippen LogP) is 4.08. The molecule has 1 N–H and O–H groups in total. The molecule has 0 aliphatic carbocycles. The quantitative estimate of drug-likeness (QED) is 0.283. The van der Waals surface area contributed by atoms with E-state index in [4.69, 9.17) is 9.47 Å². The van der Waals surface area contributed by atoms with E-state index in [9.17, 15) is 14.7 Å². The molecule has 36 heavy (non-hydrogen) atoms. The molecule has 2 saturated heterocycles. The number of hydrogen-bond acceptors (Lipinski definition) is 7. The lowest BCUT2D eigenvalue weighted by Crippen LogP contribution is -2.42. The van der Waals surface area contributed by atoms with Crippen molar-refractivity contribution in [2.24, 2.45) is 0 Å². The van der Waals surface area contributed by atoms with Gasteiger partial charge in [0, 0.05) is 36.6 Å². The number of amides is 1. The first-order chi connectivity index (χ1) is 17.6. The third-order valence-electron chi connectivity index (χ3n) is 6.49. The van der Waals surface area contributed by atoms with Crippen LogP contribution in [-0.2, 0) is 20.9 Å². The molecule has 0 saturated carbocycles. The first-order valence-electron chi connectivity index (χ1n) is 12.0. The number of aliphatic hydroxyl groups is 1. The topological polar surface area (TPSA) is 79.3 Å². The van der Waals surface area contributed by atoms with Crippen molar-refractivity contribution in [1.29, 1.82) is 0 Å². The van der Waals surface area contributed by atoms with Crippen molar-refractivity contribution in [3.63, 3.8) is 0 Å². The largest absolute Gasteiger partial charge is 0.507 e. The van der Waals surface area contributed by atoms with Crippen LogP contribution in [0.4, 0.5) is 0 Å². The fourth-order valence-corrected chi connectivity index (χ4v) is 5.38. The summed E-state index contributed by atoms with van der Waals surface area (Å²) in [5.74, 6) is -0.755. The lowest BCUT2D eigenvalue weighted by molar-refractivity contribution is -0.140. The Balaban J connectivity index is 1.38. The Morgan fingerprint density at radius 1 is 0.972 bits per heavy atom. The van der Waals surface area contributed by atoms with Crippen molar-refractivity contribution in [2.75, 3.05) is 39.4 Å². The Kier molecular flexibility index (Phi) is 7.46. The summed E-state index contributed by atoms with van der Waals surface area (Å²) >= 11 is 1.47. The number of thiophene rings is 1. The first-order valence-corrected chi connectivity index (χ1v) is 12.9. The zero-order valence-corrected chi connectivity index (χ0v) is 20.7. The number of ether oxygens (including phenoxy) is 2. The highest BCUT2D eigenvalue weighted by molar-refractivity contribution is 7.10. The third-order valence-corrected chi connectivity index (χ3v) is 7.41. The van der Waals surface area contributed by atoms with E-state index in [1.165, 1.54) is 11.3 Å². The zero-order valence-electron chi connectivity index (χ0n) is 19.8. The van der Waals surface area contributed by atoms with Gasteiger partial charge in [-0.1, -0.05) is 36.4 Å². The van der Waals surface area contributed by atoms with Crippen LogP contribution in [0.25, 0.3) is 5.76 Å². The number of carbonyl (C=O) groups is 2. The number of morpholine rings is 1. The second-order valence-corrected chi connectivity index (χ2v) is 9.74. The Bertz CT molecular complexity index is 1220. The van der Waals surface area contributed by atoms with Crippen LogP contribution < -0.4 is 4.74 Å². The van der Waals surface area contributed by atoms with Crippen LogP contribution in [0.2, 0.25) is 0 Å². The van der Waals surface area contributed by atoms with Gasteiger partial charge in [-0.05, 0) is 41.3 Å². The summed E-state index contributed by atoms with van der Waals surface area (Å²) in [6, 6.07) is 20.0. The summed E-state index contributed by atoms with van der Waals surface area (Å²) in [5.41, 5.74) is 1.65. The molecule has 8 heteroatoms. The van der Waals surface area contributed by atoms with Crippen molar-refractivity contribution in [1.82, 2.24) is 9.80 Å². The molecule has 5 rings (SSSR count). The average Bonchev–Trinajstić information content (AvgIpc) is 3.54. The van der Waals surface area contributed by atoms with Gasteiger partial charge in [-0.25, -0.2) is 0 Å². The molecular weight excluding hydrogens is 476 g/mol. The van der Waals surface area contributed by atoms with Crippen LogP contribution >= 0.6 is 11.3 Å². The van der Waals surface area contributed by atoms with Crippen molar-refractivity contribution < 1.29 is 24.2 Å². The fourth-order valence-electron chi connectivity index (χ4n) is 4.53. The smallest absolute Gasteiger partial charge is 0.295 e. The second kappa shape index (κ2) is 11.1. The van der Waals surface area contributed by atoms with Crippen LogP contribution in [-0.4, -0.2) is 66.0 Å². The van der Waals surface area contributed by atoms with E-state index < -0.39 is 17.7 Å². The summed E-state index contributed by atoms with van der Waals surface area (Å²) in [5, 5.41) is 13.1. The average molecular weight is 505 g/mol. The number of likely N-dealkylation sites (tertiary alicyclic amines) is 1. The van der Waals surface area contributed by atoms with Crippen LogP contribution in [0.3, 0.4) is 0 Å². The zero-order chi connectivity index (χ0) is 24.9. The molecule has 3 heterocycles. The van der Waals surface area contributed by atoms with Gasteiger partial charge in [0.15, 0.2) is 0 Å². The van der Waals surface area contributed by atoms with Crippen LogP contribution in [0.1, 0.15) is 22.0 Å². The molecule has 186 valence electrons.